The summed E-state index contributed by atoms with van der Waals surface area (Å²) >= 11 is 0. The zero-order valence-electron chi connectivity index (χ0n) is 17.3. The Morgan fingerprint density at radius 3 is 2.50 bits per heavy atom. The molecule has 0 fully saturated rings. The normalized spacial score (nSPS) is 17.7. The van der Waals surface area contributed by atoms with E-state index in [1.54, 1.807) is 14.2 Å². The lowest BCUT2D eigenvalue weighted by Gasteiger charge is -2.43. The maximum Gasteiger partial charge on any atom is 0.256 e. The summed E-state index contributed by atoms with van der Waals surface area (Å²) in [6.07, 6.45) is 1.04. The van der Waals surface area contributed by atoms with E-state index in [0.29, 0.717) is 6.54 Å². The first-order valence-corrected chi connectivity index (χ1v) is 10.4. The van der Waals surface area contributed by atoms with Gasteiger partial charge in [0.15, 0.2) is 6.10 Å². The molecule has 0 N–H and O–H groups in total. The summed E-state index contributed by atoms with van der Waals surface area (Å²) in [7, 11) is 3.33. The Morgan fingerprint density at radius 2 is 1.73 bits per heavy atom. The quantitative estimate of drug-likeness (QED) is 0.637. The van der Waals surface area contributed by atoms with E-state index in [1.165, 1.54) is 22.3 Å². The van der Waals surface area contributed by atoms with Crippen molar-refractivity contribution in [1.82, 2.24) is 4.90 Å². The second kappa shape index (κ2) is 7.62. The van der Waals surface area contributed by atoms with Crippen LogP contribution in [-0.2, 0) is 22.4 Å². The van der Waals surface area contributed by atoms with Gasteiger partial charge in [-0.25, -0.2) is 0 Å². The number of carbonyl (C=O) groups excluding carboxylic acids is 1. The first-order valence-electron chi connectivity index (χ1n) is 10.4. The second-order valence-corrected chi connectivity index (χ2v) is 7.90. The van der Waals surface area contributed by atoms with E-state index in [0.717, 1.165) is 29.7 Å². The monoisotopic (exact) mass is 399 g/mol. The predicted molar refractivity (Wildman–Crippen MR) is 116 cm³/mol. The summed E-state index contributed by atoms with van der Waals surface area (Å²) in [5.74, 6) is 0.919. The molecule has 2 aliphatic rings. The van der Waals surface area contributed by atoms with Crippen LogP contribution in [-0.4, -0.2) is 31.6 Å². The molecule has 4 nitrogen and oxygen atoms in total. The number of methoxy groups -OCH3 is 2. The highest BCUT2D eigenvalue weighted by molar-refractivity contribution is 5.86. The summed E-state index contributed by atoms with van der Waals surface area (Å²) in [5, 5.41) is 0. The number of amides is 1. The lowest BCUT2D eigenvalue weighted by atomic mass is 9.76. The van der Waals surface area contributed by atoms with Gasteiger partial charge in [0.2, 0.25) is 0 Å². The van der Waals surface area contributed by atoms with Gasteiger partial charge in [-0.05, 0) is 46.7 Å². The van der Waals surface area contributed by atoms with E-state index in [4.69, 9.17) is 9.47 Å². The van der Waals surface area contributed by atoms with Crippen LogP contribution < -0.4 is 4.74 Å². The van der Waals surface area contributed by atoms with Crippen molar-refractivity contribution in [2.75, 3.05) is 20.8 Å². The van der Waals surface area contributed by atoms with Crippen LogP contribution in [0.3, 0.4) is 0 Å². The number of fused-ring (bicyclic) bond motifs is 2. The number of hydrogen-bond acceptors (Lipinski definition) is 3. The van der Waals surface area contributed by atoms with Crippen molar-refractivity contribution < 1.29 is 14.3 Å². The molecular formula is C26H25NO3. The van der Waals surface area contributed by atoms with Gasteiger partial charge in [-0.1, -0.05) is 60.7 Å². The predicted octanol–water partition coefficient (Wildman–Crippen LogP) is 4.73. The standard InChI is InChI=1S/C26H25NO3/c1-29-22-13-7-11-19-16-21-23-17(10-6-12-20(23)24(19)22)14-15-27(21)26(28)25(30-2)18-8-4-3-5-9-18/h3-13,21,25H,14-16H2,1-2H3/t21-,25-/m1/s1. The fraction of sp³-hybridized carbons (Fsp3) is 0.269. The number of hydrogen-bond donors (Lipinski definition) is 0. The molecule has 0 saturated carbocycles. The van der Waals surface area contributed by atoms with Crippen LogP contribution in [0.2, 0.25) is 0 Å². The summed E-state index contributed by atoms with van der Waals surface area (Å²) in [5.41, 5.74) is 7.04. The zero-order valence-corrected chi connectivity index (χ0v) is 17.3. The second-order valence-electron chi connectivity index (χ2n) is 7.90. The average Bonchev–Trinajstić information content (AvgIpc) is 2.80. The van der Waals surface area contributed by atoms with Crippen LogP contribution in [0.5, 0.6) is 5.75 Å². The van der Waals surface area contributed by atoms with Gasteiger partial charge >= 0.3 is 0 Å². The molecule has 1 aliphatic heterocycles. The Morgan fingerprint density at radius 1 is 0.967 bits per heavy atom. The third-order valence-corrected chi connectivity index (χ3v) is 6.39. The van der Waals surface area contributed by atoms with Gasteiger partial charge in [-0.15, -0.1) is 0 Å². The summed E-state index contributed by atoms with van der Waals surface area (Å²) in [6.45, 7) is 0.700. The number of nitrogens with zero attached hydrogens (tertiary/aromatic N) is 1. The molecule has 0 spiro atoms. The highest BCUT2D eigenvalue weighted by atomic mass is 16.5. The minimum Gasteiger partial charge on any atom is -0.496 e. The zero-order chi connectivity index (χ0) is 20.7. The molecule has 5 rings (SSSR count). The van der Waals surface area contributed by atoms with Crippen LogP contribution >= 0.6 is 0 Å². The molecule has 30 heavy (non-hydrogen) atoms. The fourth-order valence-electron chi connectivity index (χ4n) is 5.06. The van der Waals surface area contributed by atoms with Gasteiger partial charge in [-0.2, -0.15) is 0 Å². The first kappa shape index (κ1) is 18.9. The van der Waals surface area contributed by atoms with E-state index in [2.05, 4.69) is 24.3 Å². The smallest absolute Gasteiger partial charge is 0.256 e. The minimum atomic E-state index is -0.591. The third kappa shape index (κ3) is 2.91. The van der Waals surface area contributed by atoms with Gasteiger partial charge < -0.3 is 14.4 Å². The molecule has 152 valence electrons. The summed E-state index contributed by atoms with van der Waals surface area (Å²) in [6, 6.07) is 22.4. The maximum absolute atomic E-state index is 13.7. The lowest BCUT2D eigenvalue weighted by molar-refractivity contribution is -0.145. The van der Waals surface area contributed by atoms with E-state index >= 15 is 0 Å². The average molecular weight is 399 g/mol. The highest BCUT2D eigenvalue weighted by Gasteiger charge is 2.39. The molecule has 2 atom stereocenters. The van der Waals surface area contributed by atoms with E-state index in [1.807, 2.05) is 47.4 Å². The largest absolute Gasteiger partial charge is 0.496 e. The minimum absolute atomic E-state index is 0.0124. The fourth-order valence-corrected chi connectivity index (χ4v) is 5.06. The van der Waals surface area contributed by atoms with Gasteiger partial charge in [0.25, 0.3) is 5.91 Å². The van der Waals surface area contributed by atoms with Crippen molar-refractivity contribution in [3.05, 3.63) is 89.0 Å². The van der Waals surface area contributed by atoms with Crippen LogP contribution in [0.1, 0.15) is 34.4 Å². The molecule has 3 aromatic rings. The molecule has 1 heterocycles. The molecular weight excluding hydrogens is 374 g/mol. The van der Waals surface area contributed by atoms with E-state index in [-0.39, 0.29) is 11.9 Å². The van der Waals surface area contributed by atoms with Gasteiger partial charge in [0, 0.05) is 19.2 Å². The van der Waals surface area contributed by atoms with Crippen molar-refractivity contribution in [1.29, 1.82) is 0 Å². The van der Waals surface area contributed by atoms with Crippen molar-refractivity contribution in [2.24, 2.45) is 0 Å². The van der Waals surface area contributed by atoms with Crippen molar-refractivity contribution >= 4 is 5.91 Å². The molecule has 0 unspecified atom stereocenters. The Balaban J connectivity index is 1.59. The van der Waals surface area contributed by atoms with Crippen molar-refractivity contribution in [3.63, 3.8) is 0 Å². The number of benzene rings is 3. The van der Waals surface area contributed by atoms with E-state index < -0.39 is 6.10 Å². The van der Waals surface area contributed by atoms with Crippen LogP contribution in [0.25, 0.3) is 11.1 Å². The molecule has 0 saturated heterocycles. The highest BCUT2D eigenvalue weighted by Crippen LogP contribution is 2.48. The molecule has 1 amide bonds. The van der Waals surface area contributed by atoms with Crippen molar-refractivity contribution in [2.45, 2.75) is 25.0 Å². The summed E-state index contributed by atoms with van der Waals surface area (Å²) < 4.78 is 11.4. The maximum atomic E-state index is 13.7. The SMILES string of the molecule is COc1cccc2c1-c1cccc3c1[C@@H](C2)N(C(=O)[C@H](OC)c1ccccc1)CC3. The molecule has 0 radical (unpaired) electrons. The lowest BCUT2D eigenvalue weighted by Crippen LogP contribution is -2.44. The van der Waals surface area contributed by atoms with Gasteiger partial charge in [0.05, 0.1) is 13.2 Å². The number of ether oxygens (including phenoxy) is 2. The topological polar surface area (TPSA) is 38.8 Å². The number of rotatable bonds is 4. The van der Waals surface area contributed by atoms with Crippen LogP contribution in [0.4, 0.5) is 0 Å². The molecule has 0 bridgehead atoms. The Hall–Kier alpha value is -3.11. The van der Waals surface area contributed by atoms with E-state index in [9.17, 15) is 4.79 Å². The van der Waals surface area contributed by atoms with Crippen molar-refractivity contribution in [3.8, 4) is 16.9 Å². The van der Waals surface area contributed by atoms with Crippen LogP contribution in [0, 0.1) is 0 Å². The summed E-state index contributed by atoms with van der Waals surface area (Å²) in [4.78, 5) is 15.7. The Bertz CT molecular complexity index is 1090. The Labute approximate surface area is 177 Å². The van der Waals surface area contributed by atoms with Gasteiger partial charge in [-0.3, -0.25) is 4.79 Å². The Kier molecular flexibility index (Phi) is 4.80. The molecule has 0 aromatic heterocycles. The number of carbonyl (C=O) groups is 1. The third-order valence-electron chi connectivity index (χ3n) is 6.39. The molecule has 1 aliphatic carbocycles. The van der Waals surface area contributed by atoms with Crippen LogP contribution in [0.15, 0.2) is 66.7 Å². The van der Waals surface area contributed by atoms with Gasteiger partial charge in [0.1, 0.15) is 5.75 Å². The molecule has 4 heteroatoms. The molecule has 3 aromatic carbocycles. The first-order chi connectivity index (χ1) is 14.7.